The minimum Gasteiger partial charge on any atom is -0.481 e. The van der Waals surface area contributed by atoms with Crippen LogP contribution in [0.1, 0.15) is 75.4 Å². The van der Waals surface area contributed by atoms with Crippen molar-refractivity contribution in [1.29, 1.82) is 0 Å². The number of aromatic nitrogens is 5. The summed E-state index contributed by atoms with van der Waals surface area (Å²) in [5, 5.41) is 48.7. The number of para-hydroxylation sites is 1. The van der Waals surface area contributed by atoms with E-state index in [2.05, 4.69) is 62.1 Å². The predicted octanol–water partition coefficient (Wildman–Crippen LogP) is -2.54. The van der Waals surface area contributed by atoms with Gasteiger partial charge in [0.05, 0.1) is 31.2 Å². The van der Waals surface area contributed by atoms with Crippen LogP contribution in [0.5, 0.6) is 0 Å². The fraction of sp³-hybridized carbons (Fsp3) is 0.436. The van der Waals surface area contributed by atoms with Crippen LogP contribution in [-0.2, 0) is 78.4 Å². The molecule has 29 heteroatoms. The van der Waals surface area contributed by atoms with E-state index in [0.29, 0.717) is 28.9 Å². The Labute approximate surface area is 481 Å². The van der Waals surface area contributed by atoms with Crippen molar-refractivity contribution in [3.05, 3.63) is 108 Å². The molecule has 84 heavy (non-hydrogen) atoms. The zero-order chi connectivity index (χ0) is 61.2. The van der Waals surface area contributed by atoms with E-state index in [1.54, 1.807) is 56.4 Å². The summed E-state index contributed by atoms with van der Waals surface area (Å²) in [6.07, 6.45) is 3.34. The molecule has 3 aromatic heterocycles. The number of carboxylic acids is 2. The van der Waals surface area contributed by atoms with Gasteiger partial charge in [0.1, 0.15) is 48.3 Å². The quantitative estimate of drug-likeness (QED) is 0.0217. The third-order valence-electron chi connectivity index (χ3n) is 14.0. The lowest BCUT2D eigenvalue weighted by Gasteiger charge is -2.31. The SMILES string of the molecule is CC(C)[C@H](NC(=O)[C@H](Cc1cnc[nH]1)NC(=O)[C@@H]1CCCN1C(=O)[C@H](Cc1ccccc1)NC(=O)[C@H](Cc1cnc[nH]1)NC(=O)[C@@H](NC(=O)[C@H](CC(=O)O)NC(=O)[C@H](CCC(N)=O)NC(=O)[C@@H](N)Cc1c[nH]c2ccccc12)[C@@H](C)O)C(=O)O. The topological polar surface area (TPSA) is 461 Å². The molecule has 5 aromatic rings. The second kappa shape index (κ2) is 30.0. The number of fused-ring (bicyclic) bond motifs is 1. The Balaban J connectivity index is 1.19. The van der Waals surface area contributed by atoms with Gasteiger partial charge in [-0.3, -0.25) is 47.9 Å². The number of aliphatic hydroxyl groups excluding tert-OH is 1. The minimum atomic E-state index is -1.98. The first kappa shape index (κ1) is 63.7. The van der Waals surface area contributed by atoms with Gasteiger partial charge >= 0.3 is 11.9 Å². The largest absolute Gasteiger partial charge is 0.481 e. The molecule has 1 saturated heterocycles. The Bertz CT molecular complexity index is 3120. The molecule has 1 aliphatic heterocycles. The van der Waals surface area contributed by atoms with Gasteiger partial charge in [0.2, 0.25) is 53.2 Å². The molecule has 1 aliphatic rings. The number of benzene rings is 2. The van der Waals surface area contributed by atoms with Gasteiger partial charge in [-0.1, -0.05) is 62.4 Å². The van der Waals surface area contributed by atoms with Gasteiger partial charge in [-0.05, 0) is 55.7 Å². The fourth-order valence-corrected chi connectivity index (χ4v) is 9.55. The summed E-state index contributed by atoms with van der Waals surface area (Å²) in [5.41, 5.74) is 14.4. The van der Waals surface area contributed by atoms with Gasteiger partial charge in [0.15, 0.2) is 0 Å². The molecule has 0 spiro atoms. The number of likely N-dealkylation sites (tertiary alicyclic amines) is 1. The van der Waals surface area contributed by atoms with Crippen LogP contribution in [0, 0.1) is 5.92 Å². The molecule has 0 saturated carbocycles. The number of aliphatic hydroxyl groups is 1. The number of carbonyl (C=O) groups is 11. The molecular weight excluding hydrogens is 1090 g/mol. The third kappa shape index (κ3) is 18.0. The van der Waals surface area contributed by atoms with Crippen LogP contribution in [0.25, 0.3) is 10.9 Å². The maximum absolute atomic E-state index is 14.8. The molecule has 29 nitrogen and oxygen atoms in total. The van der Waals surface area contributed by atoms with Crippen molar-refractivity contribution in [3.8, 4) is 0 Å². The van der Waals surface area contributed by atoms with Crippen molar-refractivity contribution < 1.29 is 68.1 Å². The van der Waals surface area contributed by atoms with Gasteiger partial charge in [-0.2, -0.15) is 0 Å². The van der Waals surface area contributed by atoms with Gasteiger partial charge in [0.25, 0.3) is 0 Å². The summed E-state index contributed by atoms with van der Waals surface area (Å²) >= 11 is 0. The molecule has 0 radical (unpaired) electrons. The smallest absolute Gasteiger partial charge is 0.326 e. The molecule has 0 aliphatic carbocycles. The monoisotopic (exact) mass is 1170 g/mol. The molecular formula is C55H71N15O14. The maximum atomic E-state index is 14.8. The Morgan fingerprint density at radius 3 is 1.80 bits per heavy atom. The molecule has 450 valence electrons. The molecule has 6 rings (SSSR count). The molecule has 1 fully saturated rings. The van der Waals surface area contributed by atoms with Gasteiger partial charge in [-0.25, -0.2) is 14.8 Å². The molecule has 10 atom stereocenters. The second-order valence-electron chi connectivity index (χ2n) is 20.8. The number of primary amides is 1. The van der Waals surface area contributed by atoms with Crippen molar-refractivity contribution in [2.24, 2.45) is 17.4 Å². The number of rotatable bonds is 31. The first-order valence-corrected chi connectivity index (χ1v) is 27.1. The molecule has 2 aromatic carbocycles. The number of H-pyrrole nitrogens is 3. The number of aromatic amines is 3. The van der Waals surface area contributed by atoms with Crippen LogP contribution in [0.3, 0.4) is 0 Å². The van der Waals surface area contributed by atoms with E-state index in [-0.39, 0.29) is 38.6 Å². The minimum absolute atomic E-state index is 0.0150. The number of hydrogen-bond donors (Lipinski definition) is 15. The average Bonchev–Trinajstić information content (AvgIpc) is 3.98. The summed E-state index contributed by atoms with van der Waals surface area (Å²) in [7, 11) is 0. The van der Waals surface area contributed by atoms with Crippen molar-refractivity contribution in [2.45, 2.75) is 139 Å². The van der Waals surface area contributed by atoms with Crippen molar-refractivity contribution in [1.82, 2.24) is 67.0 Å². The highest BCUT2D eigenvalue weighted by molar-refractivity contribution is 5.99. The highest BCUT2D eigenvalue weighted by atomic mass is 16.4. The summed E-state index contributed by atoms with van der Waals surface area (Å²) < 4.78 is 0. The van der Waals surface area contributed by atoms with Gasteiger partial charge < -0.3 is 83.9 Å². The number of amides is 9. The number of imidazole rings is 2. The van der Waals surface area contributed by atoms with E-state index >= 15 is 0 Å². The van der Waals surface area contributed by atoms with E-state index in [1.165, 1.54) is 29.9 Å². The number of nitrogens with two attached hydrogens (primary N) is 2. The summed E-state index contributed by atoms with van der Waals surface area (Å²) in [5.74, 6) is -11.9. The fourth-order valence-electron chi connectivity index (χ4n) is 9.55. The Morgan fingerprint density at radius 2 is 1.20 bits per heavy atom. The van der Waals surface area contributed by atoms with E-state index in [9.17, 15) is 68.1 Å². The van der Waals surface area contributed by atoms with Crippen LogP contribution >= 0.6 is 0 Å². The Kier molecular flexibility index (Phi) is 22.7. The third-order valence-corrected chi connectivity index (χ3v) is 14.0. The zero-order valence-electron chi connectivity index (χ0n) is 46.3. The van der Waals surface area contributed by atoms with E-state index in [1.807, 2.05) is 18.2 Å². The Morgan fingerprint density at radius 1 is 0.643 bits per heavy atom. The van der Waals surface area contributed by atoms with E-state index < -0.39 is 151 Å². The highest BCUT2D eigenvalue weighted by Gasteiger charge is 2.41. The lowest BCUT2D eigenvalue weighted by Crippen LogP contribution is -2.62. The number of carboxylic acid groups (broad SMARTS) is 2. The Hall–Kier alpha value is -9.51. The standard InChI is InChI=1S/C55H71N15O14/c1-28(2)45(55(83)84)68-50(78)39(21-33-25-59-27-62-33)65-52(80)42-14-9-17-70(42)54(82)41(18-30-10-5-4-6-11-30)67-49(77)38(20-32-24-58-26-61-32)66-53(81)46(29(3)71)69-51(79)40(22-44(73)74)64-48(76)37(15-16-43(57)72)63-47(75)35(56)19-31-23-60-36-13-8-7-12-34(31)36/h4-8,10-13,23-29,35,37-42,45-46,60,71H,9,14-22,56H2,1-3H3,(H2,57,72)(H,58,61)(H,59,62)(H,63,75)(H,64,76)(H,65,80)(H,66,81)(H,67,77)(H,68,78)(H,69,79)(H,73,74)(H,83,84)/t29-,35+,37+,38+,39+,40+,41+,42+,45+,46+/m1/s1. The molecule has 0 bridgehead atoms. The van der Waals surface area contributed by atoms with E-state index in [0.717, 1.165) is 17.8 Å². The summed E-state index contributed by atoms with van der Waals surface area (Å²) in [6.45, 7) is 4.36. The number of aliphatic carboxylic acids is 2. The normalized spacial score (nSPS) is 16.3. The number of carbonyl (C=O) groups excluding carboxylic acids is 9. The maximum Gasteiger partial charge on any atom is 0.326 e. The number of nitrogens with one attached hydrogen (secondary N) is 10. The van der Waals surface area contributed by atoms with Crippen LogP contribution in [-0.4, -0.2) is 177 Å². The lowest BCUT2D eigenvalue weighted by molar-refractivity contribution is -0.144. The van der Waals surface area contributed by atoms with Crippen molar-refractivity contribution in [3.63, 3.8) is 0 Å². The lowest BCUT2D eigenvalue weighted by atomic mass is 10.0. The van der Waals surface area contributed by atoms with Crippen LogP contribution in [0.4, 0.5) is 0 Å². The van der Waals surface area contributed by atoms with Crippen molar-refractivity contribution >= 4 is 76.0 Å². The van der Waals surface area contributed by atoms with Crippen LogP contribution in [0.15, 0.2) is 85.8 Å². The van der Waals surface area contributed by atoms with Crippen molar-refractivity contribution in [2.75, 3.05) is 6.54 Å². The number of nitrogens with zero attached hydrogens (tertiary/aromatic N) is 3. The van der Waals surface area contributed by atoms with Gasteiger partial charge in [0, 0.05) is 73.1 Å². The second-order valence-corrected chi connectivity index (χ2v) is 20.8. The number of hydrogen-bond acceptors (Lipinski definition) is 15. The van der Waals surface area contributed by atoms with Gasteiger partial charge in [-0.15, -0.1) is 0 Å². The molecule has 0 unspecified atom stereocenters. The predicted molar refractivity (Wildman–Crippen MR) is 298 cm³/mol. The summed E-state index contributed by atoms with van der Waals surface area (Å²) in [4.78, 5) is 167. The van der Waals surface area contributed by atoms with Crippen LogP contribution in [0.2, 0.25) is 0 Å². The molecule has 4 heterocycles. The summed E-state index contributed by atoms with van der Waals surface area (Å²) in [6, 6.07) is 2.24. The average molecular weight is 1170 g/mol. The van der Waals surface area contributed by atoms with Crippen LogP contribution < -0.4 is 48.7 Å². The van der Waals surface area contributed by atoms with E-state index in [4.69, 9.17) is 11.5 Å². The first-order chi connectivity index (χ1) is 40.0. The molecule has 17 N–H and O–H groups in total. The zero-order valence-corrected chi connectivity index (χ0v) is 46.3. The molecule has 9 amide bonds. The highest BCUT2D eigenvalue weighted by Crippen LogP contribution is 2.22. The first-order valence-electron chi connectivity index (χ1n) is 27.1.